The quantitative estimate of drug-likeness (QED) is 0.727. The Bertz CT molecular complexity index is 723. The van der Waals surface area contributed by atoms with Crippen molar-refractivity contribution < 1.29 is 0 Å². The van der Waals surface area contributed by atoms with Crippen molar-refractivity contribution in [3.05, 3.63) is 76.3 Å². The summed E-state index contributed by atoms with van der Waals surface area (Å²) in [5.41, 5.74) is 1.91. The second-order valence-electron chi connectivity index (χ2n) is 4.32. The monoisotopic (exact) mass is 303 g/mol. The molecule has 0 fully saturated rings. The summed E-state index contributed by atoms with van der Waals surface area (Å²) in [7, 11) is 0. The minimum Gasteiger partial charge on any atom is -0.219 e. The number of benzene rings is 2. The van der Waals surface area contributed by atoms with Gasteiger partial charge in [0.1, 0.15) is 12.2 Å². The fourth-order valence-corrected chi connectivity index (χ4v) is 2.40. The SMILES string of the molecule is Clc1cccc(-n2ncnc2Cc2ccccc2)c1Cl. The lowest BCUT2D eigenvalue weighted by molar-refractivity contribution is 0.813. The summed E-state index contributed by atoms with van der Waals surface area (Å²) in [6.45, 7) is 0. The maximum absolute atomic E-state index is 6.24. The first-order chi connectivity index (χ1) is 9.75. The molecule has 0 N–H and O–H groups in total. The summed E-state index contributed by atoms with van der Waals surface area (Å²) in [6, 6.07) is 15.6. The van der Waals surface area contributed by atoms with Crippen molar-refractivity contribution in [2.75, 3.05) is 0 Å². The van der Waals surface area contributed by atoms with E-state index in [1.165, 1.54) is 11.9 Å². The van der Waals surface area contributed by atoms with Crippen LogP contribution in [0.15, 0.2) is 54.9 Å². The van der Waals surface area contributed by atoms with E-state index >= 15 is 0 Å². The Labute approximate surface area is 126 Å². The van der Waals surface area contributed by atoms with Crippen LogP contribution in [0.25, 0.3) is 5.69 Å². The van der Waals surface area contributed by atoms with Gasteiger partial charge < -0.3 is 0 Å². The Morgan fingerprint density at radius 1 is 0.950 bits per heavy atom. The molecule has 1 aromatic heterocycles. The Kier molecular flexibility index (Phi) is 3.72. The van der Waals surface area contributed by atoms with Crippen LogP contribution >= 0.6 is 23.2 Å². The first-order valence-electron chi connectivity index (χ1n) is 6.13. The molecule has 0 aliphatic heterocycles. The smallest absolute Gasteiger partial charge is 0.138 e. The Hall–Kier alpha value is -1.84. The topological polar surface area (TPSA) is 30.7 Å². The molecule has 5 heteroatoms. The summed E-state index contributed by atoms with van der Waals surface area (Å²) in [4.78, 5) is 4.31. The van der Waals surface area contributed by atoms with Gasteiger partial charge in [-0.3, -0.25) is 0 Å². The van der Waals surface area contributed by atoms with E-state index < -0.39 is 0 Å². The van der Waals surface area contributed by atoms with Gasteiger partial charge in [0.25, 0.3) is 0 Å². The molecule has 0 saturated heterocycles. The molecule has 3 rings (SSSR count). The zero-order chi connectivity index (χ0) is 13.9. The normalized spacial score (nSPS) is 10.7. The lowest BCUT2D eigenvalue weighted by Gasteiger charge is -2.09. The summed E-state index contributed by atoms with van der Waals surface area (Å²) in [5, 5.41) is 5.23. The van der Waals surface area contributed by atoms with Crippen LogP contribution in [0.3, 0.4) is 0 Å². The van der Waals surface area contributed by atoms with Crippen molar-refractivity contribution in [3.8, 4) is 5.69 Å². The van der Waals surface area contributed by atoms with Gasteiger partial charge in [0.15, 0.2) is 0 Å². The maximum atomic E-state index is 6.24. The molecule has 0 amide bonds. The molecule has 2 aromatic carbocycles. The summed E-state index contributed by atoms with van der Waals surface area (Å²) in [6.07, 6.45) is 2.21. The molecule has 0 aliphatic carbocycles. The second-order valence-corrected chi connectivity index (χ2v) is 5.11. The highest BCUT2D eigenvalue weighted by atomic mass is 35.5. The summed E-state index contributed by atoms with van der Waals surface area (Å²) in [5.74, 6) is 0.820. The average Bonchev–Trinajstić information content (AvgIpc) is 2.91. The first-order valence-corrected chi connectivity index (χ1v) is 6.88. The molecule has 0 atom stereocenters. The first kappa shape index (κ1) is 13.2. The minimum atomic E-state index is 0.481. The van der Waals surface area contributed by atoms with Crippen molar-refractivity contribution >= 4 is 23.2 Å². The van der Waals surface area contributed by atoms with Crippen LogP contribution in [0.2, 0.25) is 10.0 Å². The maximum Gasteiger partial charge on any atom is 0.138 e. The Balaban J connectivity index is 2.00. The van der Waals surface area contributed by atoms with Crippen molar-refractivity contribution in [3.63, 3.8) is 0 Å². The molecule has 0 radical (unpaired) electrons. The number of rotatable bonds is 3. The highest BCUT2D eigenvalue weighted by molar-refractivity contribution is 6.43. The van der Waals surface area contributed by atoms with Crippen LogP contribution in [-0.2, 0) is 6.42 Å². The molecular formula is C15H11Cl2N3. The lowest BCUT2D eigenvalue weighted by atomic mass is 10.1. The van der Waals surface area contributed by atoms with Gasteiger partial charge in [-0.15, -0.1) is 0 Å². The number of halogens is 2. The zero-order valence-electron chi connectivity index (χ0n) is 10.5. The highest BCUT2D eigenvalue weighted by Crippen LogP contribution is 2.28. The van der Waals surface area contributed by atoms with E-state index in [0.717, 1.165) is 11.5 Å². The Morgan fingerprint density at radius 3 is 2.55 bits per heavy atom. The standard InChI is InChI=1S/C15H11Cl2N3/c16-12-7-4-8-13(15(12)17)20-14(18-10-19-20)9-11-5-2-1-3-6-11/h1-8,10H,9H2. The van der Waals surface area contributed by atoms with Gasteiger partial charge in [0.2, 0.25) is 0 Å². The molecular weight excluding hydrogens is 293 g/mol. The average molecular weight is 304 g/mol. The predicted molar refractivity (Wildman–Crippen MR) is 80.6 cm³/mol. The van der Waals surface area contributed by atoms with E-state index in [-0.39, 0.29) is 0 Å². The molecule has 3 nitrogen and oxygen atoms in total. The van der Waals surface area contributed by atoms with E-state index in [0.29, 0.717) is 16.5 Å². The van der Waals surface area contributed by atoms with Crippen molar-refractivity contribution in [1.29, 1.82) is 0 Å². The molecule has 3 aromatic rings. The van der Waals surface area contributed by atoms with Gasteiger partial charge in [-0.1, -0.05) is 59.6 Å². The summed E-state index contributed by atoms with van der Waals surface area (Å²) < 4.78 is 1.72. The van der Waals surface area contributed by atoms with Crippen LogP contribution in [0.4, 0.5) is 0 Å². The molecule has 20 heavy (non-hydrogen) atoms. The van der Waals surface area contributed by atoms with E-state index in [9.17, 15) is 0 Å². The molecule has 0 saturated carbocycles. The highest BCUT2D eigenvalue weighted by Gasteiger charge is 2.12. The van der Waals surface area contributed by atoms with Gasteiger partial charge >= 0.3 is 0 Å². The van der Waals surface area contributed by atoms with E-state index in [4.69, 9.17) is 23.2 Å². The molecule has 0 unspecified atom stereocenters. The third-order valence-corrected chi connectivity index (χ3v) is 3.79. The van der Waals surface area contributed by atoms with Gasteiger partial charge in [-0.05, 0) is 17.7 Å². The molecule has 1 heterocycles. The van der Waals surface area contributed by atoms with Crippen molar-refractivity contribution in [1.82, 2.24) is 14.8 Å². The fraction of sp³-hybridized carbons (Fsp3) is 0.0667. The molecule has 0 bridgehead atoms. The number of hydrogen-bond donors (Lipinski definition) is 0. The van der Waals surface area contributed by atoms with Gasteiger partial charge in [-0.25, -0.2) is 9.67 Å². The van der Waals surface area contributed by atoms with Gasteiger partial charge in [-0.2, -0.15) is 5.10 Å². The number of aromatic nitrogens is 3. The van der Waals surface area contributed by atoms with Crippen molar-refractivity contribution in [2.45, 2.75) is 6.42 Å². The lowest BCUT2D eigenvalue weighted by Crippen LogP contribution is -2.04. The second kappa shape index (κ2) is 5.65. The number of hydrogen-bond acceptors (Lipinski definition) is 2. The van der Waals surface area contributed by atoms with Crippen LogP contribution in [0.5, 0.6) is 0 Å². The summed E-state index contributed by atoms with van der Waals surface area (Å²) >= 11 is 12.3. The van der Waals surface area contributed by atoms with Crippen LogP contribution in [-0.4, -0.2) is 14.8 Å². The van der Waals surface area contributed by atoms with E-state index in [2.05, 4.69) is 22.2 Å². The molecule has 100 valence electrons. The third-order valence-electron chi connectivity index (χ3n) is 2.98. The minimum absolute atomic E-state index is 0.481. The van der Waals surface area contributed by atoms with Crippen LogP contribution < -0.4 is 0 Å². The van der Waals surface area contributed by atoms with Gasteiger partial charge in [0, 0.05) is 6.42 Å². The molecule has 0 aliphatic rings. The largest absolute Gasteiger partial charge is 0.219 e. The third kappa shape index (κ3) is 2.55. The fourth-order valence-electron chi connectivity index (χ4n) is 2.02. The van der Waals surface area contributed by atoms with Gasteiger partial charge in [0.05, 0.1) is 15.7 Å². The van der Waals surface area contributed by atoms with Crippen LogP contribution in [0.1, 0.15) is 11.4 Å². The van der Waals surface area contributed by atoms with E-state index in [1.54, 1.807) is 10.7 Å². The van der Waals surface area contributed by atoms with E-state index in [1.807, 2.05) is 30.3 Å². The number of nitrogens with zero attached hydrogens (tertiary/aromatic N) is 3. The van der Waals surface area contributed by atoms with Crippen LogP contribution in [0, 0.1) is 0 Å². The molecule has 0 spiro atoms. The van der Waals surface area contributed by atoms with Crippen molar-refractivity contribution in [2.24, 2.45) is 0 Å². The predicted octanol–water partition coefficient (Wildman–Crippen LogP) is 4.16. The zero-order valence-corrected chi connectivity index (χ0v) is 12.0. The Morgan fingerprint density at radius 2 is 1.75 bits per heavy atom.